The van der Waals surface area contributed by atoms with Gasteiger partial charge in [0.15, 0.2) is 11.5 Å². The number of aromatic nitrogens is 2. The first-order valence-corrected chi connectivity index (χ1v) is 5.44. The van der Waals surface area contributed by atoms with E-state index in [1.807, 2.05) is 0 Å². The van der Waals surface area contributed by atoms with Gasteiger partial charge in [-0.05, 0) is 24.3 Å². The third-order valence-corrected chi connectivity index (χ3v) is 2.42. The Morgan fingerprint density at radius 3 is 2.83 bits per heavy atom. The molecule has 18 heavy (non-hydrogen) atoms. The molecule has 1 aromatic heterocycles. The van der Waals surface area contributed by atoms with E-state index in [2.05, 4.69) is 10.4 Å². The molecule has 0 atom stereocenters. The molecule has 0 saturated heterocycles. The van der Waals surface area contributed by atoms with Crippen molar-refractivity contribution in [3.63, 3.8) is 0 Å². The Hall–Kier alpha value is -2.50. The summed E-state index contributed by atoms with van der Waals surface area (Å²) in [5, 5.41) is 25.1. The van der Waals surface area contributed by atoms with Crippen LogP contribution in [0.4, 0.5) is 0 Å². The quantitative estimate of drug-likeness (QED) is 0.695. The highest BCUT2D eigenvalue weighted by Gasteiger charge is 2.07. The number of hydrogen-bond donors (Lipinski definition) is 3. The van der Waals surface area contributed by atoms with E-state index in [-0.39, 0.29) is 17.4 Å². The molecule has 0 bridgehead atoms. The lowest BCUT2D eigenvalue weighted by atomic mass is 10.2. The van der Waals surface area contributed by atoms with E-state index < -0.39 is 0 Å². The van der Waals surface area contributed by atoms with Crippen molar-refractivity contribution in [1.82, 2.24) is 15.1 Å². The topological polar surface area (TPSA) is 87.4 Å². The molecule has 0 aliphatic rings. The molecule has 0 radical (unpaired) electrons. The van der Waals surface area contributed by atoms with Crippen LogP contribution in [-0.4, -0.2) is 32.4 Å². The summed E-state index contributed by atoms with van der Waals surface area (Å²) in [7, 11) is 0. The average Bonchev–Trinajstić information content (AvgIpc) is 2.85. The second kappa shape index (κ2) is 5.22. The van der Waals surface area contributed by atoms with Gasteiger partial charge in [-0.1, -0.05) is 0 Å². The summed E-state index contributed by atoms with van der Waals surface area (Å²) in [6.07, 6.45) is 3.47. The summed E-state index contributed by atoms with van der Waals surface area (Å²) in [4.78, 5) is 11.7. The first-order chi connectivity index (χ1) is 8.66. The number of phenolic OH excluding ortho intramolecular Hbond substituents is 2. The number of rotatable bonds is 4. The van der Waals surface area contributed by atoms with Gasteiger partial charge >= 0.3 is 0 Å². The second-order valence-electron chi connectivity index (χ2n) is 3.73. The Labute approximate surface area is 103 Å². The van der Waals surface area contributed by atoms with Crippen molar-refractivity contribution >= 4 is 5.91 Å². The van der Waals surface area contributed by atoms with Crippen LogP contribution in [0.2, 0.25) is 0 Å². The number of carbonyl (C=O) groups excluding carboxylic acids is 1. The molecule has 1 amide bonds. The van der Waals surface area contributed by atoms with Crippen LogP contribution in [-0.2, 0) is 6.54 Å². The molecular weight excluding hydrogens is 234 g/mol. The van der Waals surface area contributed by atoms with Gasteiger partial charge in [0.1, 0.15) is 0 Å². The summed E-state index contributed by atoms with van der Waals surface area (Å²) in [6.45, 7) is 1.00. The molecule has 1 aromatic carbocycles. The van der Waals surface area contributed by atoms with Gasteiger partial charge in [0.2, 0.25) is 0 Å². The van der Waals surface area contributed by atoms with Gasteiger partial charge in [-0.15, -0.1) is 0 Å². The summed E-state index contributed by atoms with van der Waals surface area (Å²) in [5.41, 5.74) is 0.297. The molecule has 3 N–H and O–H groups in total. The monoisotopic (exact) mass is 247 g/mol. The first-order valence-electron chi connectivity index (χ1n) is 5.44. The number of hydrogen-bond acceptors (Lipinski definition) is 4. The molecule has 0 unspecified atom stereocenters. The lowest BCUT2D eigenvalue weighted by molar-refractivity contribution is 0.0951. The number of nitrogens with one attached hydrogen (secondary N) is 1. The van der Waals surface area contributed by atoms with Gasteiger partial charge in [0.25, 0.3) is 5.91 Å². The van der Waals surface area contributed by atoms with Crippen molar-refractivity contribution in [3.05, 3.63) is 42.2 Å². The van der Waals surface area contributed by atoms with E-state index in [1.165, 1.54) is 18.2 Å². The number of phenols is 2. The molecule has 0 aliphatic heterocycles. The van der Waals surface area contributed by atoms with Gasteiger partial charge in [-0.25, -0.2) is 0 Å². The first kappa shape index (κ1) is 12.0. The van der Waals surface area contributed by atoms with Gasteiger partial charge in [0, 0.05) is 24.5 Å². The number of amides is 1. The van der Waals surface area contributed by atoms with Crippen LogP contribution >= 0.6 is 0 Å². The van der Waals surface area contributed by atoms with Crippen LogP contribution < -0.4 is 5.32 Å². The zero-order valence-corrected chi connectivity index (χ0v) is 9.58. The Balaban J connectivity index is 1.89. The van der Waals surface area contributed by atoms with Crippen LogP contribution in [0.15, 0.2) is 36.7 Å². The molecule has 6 nitrogen and oxygen atoms in total. The Morgan fingerprint density at radius 2 is 2.17 bits per heavy atom. The highest BCUT2D eigenvalue weighted by Crippen LogP contribution is 2.24. The van der Waals surface area contributed by atoms with Crippen LogP contribution in [0.3, 0.4) is 0 Å². The lowest BCUT2D eigenvalue weighted by Crippen LogP contribution is -2.27. The maximum absolute atomic E-state index is 11.7. The largest absolute Gasteiger partial charge is 0.504 e. The fraction of sp³-hybridized carbons (Fsp3) is 0.167. The van der Waals surface area contributed by atoms with E-state index in [1.54, 1.807) is 23.1 Å². The summed E-state index contributed by atoms with van der Waals surface area (Å²) in [6, 6.07) is 5.74. The zero-order chi connectivity index (χ0) is 13.0. The predicted molar refractivity (Wildman–Crippen MR) is 64.3 cm³/mol. The van der Waals surface area contributed by atoms with E-state index >= 15 is 0 Å². The van der Waals surface area contributed by atoms with Gasteiger partial charge < -0.3 is 15.5 Å². The SMILES string of the molecule is O=C(NCCn1cccn1)c1ccc(O)c(O)c1. The predicted octanol–water partition coefficient (Wildman–Crippen LogP) is 0.724. The Bertz CT molecular complexity index is 538. The van der Waals surface area contributed by atoms with Gasteiger partial charge in [-0.2, -0.15) is 5.10 Å². The highest BCUT2D eigenvalue weighted by molar-refractivity contribution is 5.94. The molecule has 0 saturated carbocycles. The smallest absolute Gasteiger partial charge is 0.251 e. The van der Waals surface area contributed by atoms with Crippen molar-refractivity contribution in [2.45, 2.75) is 6.54 Å². The van der Waals surface area contributed by atoms with Crippen LogP contribution in [0.1, 0.15) is 10.4 Å². The number of aromatic hydroxyl groups is 2. The van der Waals surface area contributed by atoms with Gasteiger partial charge in [-0.3, -0.25) is 9.48 Å². The van der Waals surface area contributed by atoms with Crippen molar-refractivity contribution in [2.24, 2.45) is 0 Å². The minimum absolute atomic E-state index is 0.247. The summed E-state index contributed by atoms with van der Waals surface area (Å²) in [5.74, 6) is -0.865. The molecule has 0 fully saturated rings. The van der Waals surface area contributed by atoms with Crippen molar-refractivity contribution in [1.29, 1.82) is 0 Å². The van der Waals surface area contributed by atoms with Crippen molar-refractivity contribution < 1.29 is 15.0 Å². The average molecular weight is 247 g/mol. The molecule has 1 heterocycles. The maximum atomic E-state index is 11.7. The molecule has 6 heteroatoms. The third kappa shape index (κ3) is 2.79. The molecule has 0 aliphatic carbocycles. The second-order valence-corrected chi connectivity index (χ2v) is 3.73. The molecular formula is C12H13N3O3. The van der Waals surface area contributed by atoms with Gasteiger partial charge in [0.05, 0.1) is 6.54 Å². The van der Waals surface area contributed by atoms with Crippen LogP contribution in [0.5, 0.6) is 11.5 Å². The van der Waals surface area contributed by atoms with Crippen molar-refractivity contribution in [3.8, 4) is 11.5 Å². The van der Waals surface area contributed by atoms with E-state index in [9.17, 15) is 9.90 Å². The normalized spacial score (nSPS) is 10.2. The molecule has 0 spiro atoms. The highest BCUT2D eigenvalue weighted by atomic mass is 16.3. The summed E-state index contributed by atoms with van der Waals surface area (Å²) < 4.78 is 1.70. The van der Waals surface area contributed by atoms with Crippen LogP contribution in [0, 0.1) is 0 Å². The Morgan fingerprint density at radius 1 is 1.33 bits per heavy atom. The minimum Gasteiger partial charge on any atom is -0.504 e. The molecule has 94 valence electrons. The lowest BCUT2D eigenvalue weighted by Gasteiger charge is -2.06. The molecule has 2 rings (SSSR count). The van der Waals surface area contributed by atoms with Crippen molar-refractivity contribution in [2.75, 3.05) is 6.54 Å². The van der Waals surface area contributed by atoms with E-state index in [0.29, 0.717) is 18.7 Å². The summed E-state index contributed by atoms with van der Waals surface area (Å²) >= 11 is 0. The number of carbonyl (C=O) groups is 1. The van der Waals surface area contributed by atoms with Crippen LogP contribution in [0.25, 0.3) is 0 Å². The Kier molecular flexibility index (Phi) is 3.47. The van der Waals surface area contributed by atoms with E-state index in [0.717, 1.165) is 0 Å². The fourth-order valence-corrected chi connectivity index (χ4v) is 1.48. The fourth-order valence-electron chi connectivity index (χ4n) is 1.48. The zero-order valence-electron chi connectivity index (χ0n) is 9.58. The maximum Gasteiger partial charge on any atom is 0.251 e. The van der Waals surface area contributed by atoms with E-state index in [4.69, 9.17) is 5.11 Å². The number of benzene rings is 1. The minimum atomic E-state index is -0.310. The molecule has 2 aromatic rings. The number of nitrogens with zero attached hydrogens (tertiary/aromatic N) is 2. The third-order valence-electron chi connectivity index (χ3n) is 2.42. The standard InChI is InChI=1S/C12H13N3O3/c16-10-3-2-9(8-11(10)17)12(18)13-5-7-15-6-1-4-14-15/h1-4,6,8,16-17H,5,7H2,(H,13,18).